The molecule has 0 saturated heterocycles. The molecule has 3 N–H and O–H groups in total. The van der Waals surface area contributed by atoms with Gasteiger partial charge in [0.2, 0.25) is 0 Å². The number of aromatic nitrogens is 2. The Hall–Kier alpha value is -2.14. The first kappa shape index (κ1) is 17.2. The number of H-pyrrole nitrogens is 1. The number of carbonyl (C=O) groups excluding carboxylic acids is 1. The standard InChI is InChI=1S/C18H25N3O2/c1-5-16-19-10-14(21-16)17(23)20-11-15(22)12-6-8-13(9-7-12)18(2,3)4/h6-10,15,22H,5,11H2,1-4H3,(H,19,21)(H,20,23). The van der Waals surface area contributed by atoms with E-state index in [0.29, 0.717) is 5.69 Å². The van der Waals surface area contributed by atoms with Crippen LogP contribution in [0.25, 0.3) is 0 Å². The van der Waals surface area contributed by atoms with Gasteiger partial charge in [-0.2, -0.15) is 0 Å². The summed E-state index contributed by atoms with van der Waals surface area (Å²) >= 11 is 0. The molecule has 124 valence electrons. The summed E-state index contributed by atoms with van der Waals surface area (Å²) < 4.78 is 0. The van der Waals surface area contributed by atoms with Crippen molar-refractivity contribution in [1.29, 1.82) is 0 Å². The van der Waals surface area contributed by atoms with Gasteiger partial charge >= 0.3 is 0 Å². The van der Waals surface area contributed by atoms with Gasteiger partial charge in [0, 0.05) is 13.0 Å². The van der Waals surface area contributed by atoms with Crippen molar-refractivity contribution < 1.29 is 9.90 Å². The molecule has 1 aromatic heterocycles. The number of hydrogen-bond acceptors (Lipinski definition) is 3. The molecule has 0 radical (unpaired) electrons. The van der Waals surface area contributed by atoms with Gasteiger partial charge in [-0.3, -0.25) is 4.79 Å². The van der Waals surface area contributed by atoms with Crippen molar-refractivity contribution in [1.82, 2.24) is 15.3 Å². The van der Waals surface area contributed by atoms with E-state index < -0.39 is 6.10 Å². The van der Waals surface area contributed by atoms with Crippen LogP contribution in [0.4, 0.5) is 0 Å². The fourth-order valence-electron chi connectivity index (χ4n) is 2.27. The Kier molecular flexibility index (Phi) is 5.21. The molecule has 0 saturated carbocycles. The van der Waals surface area contributed by atoms with Crippen molar-refractivity contribution >= 4 is 5.91 Å². The first-order valence-corrected chi connectivity index (χ1v) is 7.92. The summed E-state index contributed by atoms with van der Waals surface area (Å²) in [6.07, 6.45) is 1.52. The molecule has 0 fully saturated rings. The van der Waals surface area contributed by atoms with Crippen LogP contribution in [0.15, 0.2) is 30.5 Å². The number of rotatable bonds is 5. The molecule has 1 heterocycles. The smallest absolute Gasteiger partial charge is 0.269 e. The minimum atomic E-state index is -0.735. The summed E-state index contributed by atoms with van der Waals surface area (Å²) in [4.78, 5) is 19.0. The Bertz CT molecular complexity index is 654. The van der Waals surface area contributed by atoms with Crippen molar-refractivity contribution in [3.05, 3.63) is 53.1 Å². The Morgan fingerprint density at radius 2 is 1.96 bits per heavy atom. The molecule has 2 rings (SSSR count). The topological polar surface area (TPSA) is 78.0 Å². The lowest BCUT2D eigenvalue weighted by Crippen LogP contribution is -2.28. The van der Waals surface area contributed by atoms with Crippen LogP contribution < -0.4 is 5.32 Å². The molecule has 5 nitrogen and oxygen atoms in total. The van der Waals surface area contributed by atoms with E-state index in [2.05, 4.69) is 36.1 Å². The third-order valence-corrected chi connectivity index (χ3v) is 3.83. The summed E-state index contributed by atoms with van der Waals surface area (Å²) in [6, 6.07) is 7.84. The fraction of sp³-hybridized carbons (Fsp3) is 0.444. The van der Waals surface area contributed by atoms with Crippen molar-refractivity contribution in [3.8, 4) is 0 Å². The number of aliphatic hydroxyl groups is 1. The van der Waals surface area contributed by atoms with Crippen LogP contribution in [-0.4, -0.2) is 27.5 Å². The van der Waals surface area contributed by atoms with Crippen molar-refractivity contribution in [2.24, 2.45) is 0 Å². The molecular formula is C18H25N3O2. The van der Waals surface area contributed by atoms with Crippen LogP contribution in [-0.2, 0) is 11.8 Å². The Labute approximate surface area is 137 Å². The summed E-state index contributed by atoms with van der Waals surface area (Å²) in [5, 5.41) is 12.9. The minimum Gasteiger partial charge on any atom is -0.387 e. The van der Waals surface area contributed by atoms with Gasteiger partial charge in [-0.15, -0.1) is 0 Å². The fourth-order valence-corrected chi connectivity index (χ4v) is 2.27. The van der Waals surface area contributed by atoms with Gasteiger partial charge in [-0.25, -0.2) is 4.98 Å². The average Bonchev–Trinajstić information content (AvgIpc) is 3.00. The molecule has 0 aliphatic carbocycles. The van der Waals surface area contributed by atoms with Gasteiger partial charge in [-0.05, 0) is 16.5 Å². The zero-order valence-corrected chi connectivity index (χ0v) is 14.2. The lowest BCUT2D eigenvalue weighted by molar-refractivity contribution is 0.0911. The first-order chi connectivity index (χ1) is 10.8. The highest BCUT2D eigenvalue weighted by molar-refractivity contribution is 5.92. The number of hydrogen-bond donors (Lipinski definition) is 3. The van der Waals surface area contributed by atoms with E-state index in [0.717, 1.165) is 17.8 Å². The van der Waals surface area contributed by atoms with E-state index in [4.69, 9.17) is 0 Å². The molecule has 0 bridgehead atoms. The van der Waals surface area contributed by atoms with E-state index >= 15 is 0 Å². The van der Waals surface area contributed by atoms with E-state index in [1.165, 1.54) is 11.8 Å². The molecule has 1 aromatic carbocycles. The Morgan fingerprint density at radius 3 is 2.48 bits per heavy atom. The number of aromatic amines is 1. The van der Waals surface area contributed by atoms with Crippen molar-refractivity contribution in [3.63, 3.8) is 0 Å². The first-order valence-electron chi connectivity index (χ1n) is 7.92. The van der Waals surface area contributed by atoms with Gasteiger partial charge in [0.1, 0.15) is 11.5 Å². The van der Waals surface area contributed by atoms with Gasteiger partial charge in [-0.1, -0.05) is 52.0 Å². The molecule has 1 amide bonds. The van der Waals surface area contributed by atoms with Gasteiger partial charge < -0.3 is 15.4 Å². The van der Waals surface area contributed by atoms with E-state index in [1.807, 2.05) is 31.2 Å². The zero-order valence-electron chi connectivity index (χ0n) is 14.2. The number of nitrogens with one attached hydrogen (secondary N) is 2. The van der Waals surface area contributed by atoms with Gasteiger partial charge in [0.15, 0.2) is 0 Å². The molecular weight excluding hydrogens is 290 g/mol. The zero-order chi connectivity index (χ0) is 17.0. The monoisotopic (exact) mass is 315 g/mol. The third kappa shape index (κ3) is 4.42. The lowest BCUT2D eigenvalue weighted by Gasteiger charge is -2.20. The van der Waals surface area contributed by atoms with E-state index in [-0.39, 0.29) is 17.9 Å². The SMILES string of the molecule is CCc1ncc(C(=O)NCC(O)c2ccc(C(C)(C)C)cc2)[nH]1. The number of amides is 1. The van der Waals surface area contributed by atoms with Crippen molar-refractivity contribution in [2.75, 3.05) is 6.54 Å². The second-order valence-electron chi connectivity index (χ2n) is 6.69. The number of nitrogens with zero attached hydrogens (tertiary/aromatic N) is 1. The molecule has 0 aliphatic rings. The van der Waals surface area contributed by atoms with E-state index in [9.17, 15) is 9.90 Å². The highest BCUT2D eigenvalue weighted by atomic mass is 16.3. The van der Waals surface area contributed by atoms with Crippen molar-refractivity contribution in [2.45, 2.75) is 45.6 Å². The maximum Gasteiger partial charge on any atom is 0.269 e. The predicted molar refractivity (Wildman–Crippen MR) is 90.4 cm³/mol. The minimum absolute atomic E-state index is 0.0787. The molecule has 5 heteroatoms. The molecule has 0 aliphatic heterocycles. The molecule has 1 unspecified atom stereocenters. The van der Waals surface area contributed by atoms with Crippen LogP contribution in [0.5, 0.6) is 0 Å². The number of benzene rings is 1. The quantitative estimate of drug-likeness (QED) is 0.794. The largest absolute Gasteiger partial charge is 0.387 e. The number of aryl methyl sites for hydroxylation is 1. The maximum absolute atomic E-state index is 12.0. The predicted octanol–water partition coefficient (Wildman–Crippen LogP) is 2.73. The Morgan fingerprint density at radius 1 is 1.30 bits per heavy atom. The molecule has 1 atom stereocenters. The van der Waals surface area contributed by atoms with Crippen LogP contribution in [0.3, 0.4) is 0 Å². The lowest BCUT2D eigenvalue weighted by atomic mass is 9.86. The third-order valence-electron chi connectivity index (χ3n) is 3.83. The highest BCUT2D eigenvalue weighted by Crippen LogP contribution is 2.23. The summed E-state index contributed by atoms with van der Waals surface area (Å²) in [5.41, 5.74) is 2.49. The normalized spacial score (nSPS) is 12.9. The Balaban J connectivity index is 1.94. The highest BCUT2D eigenvalue weighted by Gasteiger charge is 2.16. The van der Waals surface area contributed by atoms with Crippen LogP contribution in [0, 0.1) is 0 Å². The van der Waals surface area contributed by atoms with Crippen LogP contribution >= 0.6 is 0 Å². The second kappa shape index (κ2) is 6.96. The number of imidazole rings is 1. The van der Waals surface area contributed by atoms with Gasteiger partial charge in [0.25, 0.3) is 5.91 Å². The van der Waals surface area contributed by atoms with Crippen LogP contribution in [0.2, 0.25) is 0 Å². The summed E-state index contributed by atoms with van der Waals surface area (Å²) in [7, 11) is 0. The molecule has 0 spiro atoms. The maximum atomic E-state index is 12.0. The molecule has 2 aromatic rings. The number of carbonyl (C=O) groups is 1. The molecule has 23 heavy (non-hydrogen) atoms. The number of aliphatic hydroxyl groups excluding tert-OH is 1. The van der Waals surface area contributed by atoms with Gasteiger partial charge in [0.05, 0.1) is 12.3 Å². The average molecular weight is 315 g/mol. The van der Waals surface area contributed by atoms with E-state index in [1.54, 1.807) is 0 Å². The van der Waals surface area contributed by atoms with Crippen LogP contribution in [0.1, 0.15) is 61.2 Å². The second-order valence-corrected chi connectivity index (χ2v) is 6.69. The summed E-state index contributed by atoms with van der Waals surface area (Å²) in [5.74, 6) is 0.510. The summed E-state index contributed by atoms with van der Waals surface area (Å²) in [6.45, 7) is 8.56.